The summed E-state index contributed by atoms with van der Waals surface area (Å²) in [5, 5.41) is 13.9. The lowest BCUT2D eigenvalue weighted by atomic mass is 9.45. The van der Waals surface area contributed by atoms with Crippen molar-refractivity contribution < 1.29 is 14.2 Å². The third kappa shape index (κ3) is 4.74. The van der Waals surface area contributed by atoms with Gasteiger partial charge in [0, 0.05) is 31.4 Å². The van der Waals surface area contributed by atoms with Crippen molar-refractivity contribution in [2.75, 3.05) is 25.5 Å². The van der Waals surface area contributed by atoms with Crippen LogP contribution in [0.4, 0.5) is 10.1 Å². The molecule has 1 saturated heterocycles. The van der Waals surface area contributed by atoms with Gasteiger partial charge in [-0.25, -0.2) is 14.4 Å². The van der Waals surface area contributed by atoms with Crippen LogP contribution in [0.5, 0.6) is 5.75 Å². The van der Waals surface area contributed by atoms with Crippen molar-refractivity contribution in [3.63, 3.8) is 0 Å². The Kier molecular flexibility index (Phi) is 6.81. The monoisotopic (exact) mass is 547 g/mol. The van der Waals surface area contributed by atoms with Gasteiger partial charge in [-0.15, -0.1) is 0 Å². The Bertz CT molecular complexity index is 1510. The number of hydrogen-bond donors (Lipinski definition) is 2. The number of guanidine groups is 1. The number of β-amino-alcohol motifs (C(OH)–C–C–N with tert-alkyl or cyclic N) is 1. The third-order valence-corrected chi connectivity index (χ3v) is 9.73. The van der Waals surface area contributed by atoms with Gasteiger partial charge >= 0.3 is 0 Å². The molecule has 4 atom stereocenters. The second-order valence-electron chi connectivity index (χ2n) is 12.3. The van der Waals surface area contributed by atoms with E-state index < -0.39 is 0 Å². The number of aliphatic imine (C=N–C) groups is 1. The number of aliphatic hydroxyl groups excluding tert-OH is 1. The van der Waals surface area contributed by atoms with Crippen LogP contribution in [0.1, 0.15) is 39.2 Å². The Labute approximate surface area is 233 Å². The second kappa shape index (κ2) is 10.2. The normalized spacial score (nSPS) is 25.9. The van der Waals surface area contributed by atoms with E-state index in [0.717, 1.165) is 18.1 Å². The fourth-order valence-electron chi connectivity index (χ4n) is 6.89. The number of rotatable bonds is 6. The Morgan fingerprint density at radius 1 is 1.23 bits per heavy atom. The van der Waals surface area contributed by atoms with Gasteiger partial charge in [0.1, 0.15) is 11.6 Å². The number of aryl methyl sites for hydroxylation is 2. The van der Waals surface area contributed by atoms with Crippen LogP contribution in [0.3, 0.4) is 0 Å². The molecule has 40 heavy (non-hydrogen) atoms. The molecule has 0 spiro atoms. The van der Waals surface area contributed by atoms with Crippen molar-refractivity contribution in [3.8, 4) is 5.75 Å². The zero-order chi connectivity index (χ0) is 28.2. The molecule has 2 N–H and O–H groups in total. The predicted octanol–water partition coefficient (Wildman–Crippen LogP) is 4.30. The second-order valence-corrected chi connectivity index (χ2v) is 12.3. The minimum Gasteiger partial charge on any atom is -0.497 e. The summed E-state index contributed by atoms with van der Waals surface area (Å²) in [6.45, 7) is 8.53. The van der Waals surface area contributed by atoms with E-state index in [4.69, 9.17) is 9.73 Å². The number of ether oxygens (including phenoxy) is 1. The van der Waals surface area contributed by atoms with Crippen LogP contribution in [-0.4, -0.2) is 57.9 Å². The highest BCUT2D eigenvalue weighted by atomic mass is 19.1. The summed E-state index contributed by atoms with van der Waals surface area (Å²) in [5.41, 5.74) is 2.13. The molecule has 9 heteroatoms. The quantitative estimate of drug-likeness (QED) is 0.353. The lowest BCUT2D eigenvalue weighted by Crippen LogP contribution is -2.58. The van der Waals surface area contributed by atoms with Gasteiger partial charge in [0.15, 0.2) is 5.96 Å². The van der Waals surface area contributed by atoms with Crippen LogP contribution in [-0.2, 0) is 13.0 Å². The number of methoxy groups -OCH3 is 1. The molecule has 4 fully saturated rings. The van der Waals surface area contributed by atoms with Crippen molar-refractivity contribution in [3.05, 3.63) is 64.5 Å². The summed E-state index contributed by atoms with van der Waals surface area (Å²) >= 11 is 0. The fourth-order valence-corrected chi connectivity index (χ4v) is 6.89. The van der Waals surface area contributed by atoms with E-state index in [1.807, 2.05) is 12.1 Å². The summed E-state index contributed by atoms with van der Waals surface area (Å²) in [4.78, 5) is 25.0. The maximum atomic E-state index is 14.4. The number of nitrogens with zero attached hydrogens (tertiary/aromatic N) is 4. The van der Waals surface area contributed by atoms with E-state index in [-0.39, 0.29) is 23.5 Å². The number of halogens is 1. The molecule has 3 aromatic rings. The fraction of sp³-hybridized carbons (Fsp3) is 0.516. The van der Waals surface area contributed by atoms with Gasteiger partial charge in [-0.05, 0) is 72.3 Å². The van der Waals surface area contributed by atoms with E-state index in [9.17, 15) is 14.3 Å². The van der Waals surface area contributed by atoms with E-state index >= 15 is 0 Å². The van der Waals surface area contributed by atoms with Crippen LogP contribution >= 0.6 is 0 Å². The molecule has 1 aromatic heterocycles. The van der Waals surface area contributed by atoms with E-state index in [0.29, 0.717) is 71.4 Å². The molecule has 4 aliphatic rings. The Morgan fingerprint density at radius 3 is 2.70 bits per heavy atom. The van der Waals surface area contributed by atoms with Crippen molar-refractivity contribution in [1.82, 2.24) is 14.5 Å². The number of nitrogens with one attached hydrogen (secondary N) is 1. The van der Waals surface area contributed by atoms with E-state index in [1.165, 1.54) is 30.5 Å². The smallest absolute Gasteiger partial charge is 0.261 e. The Hall–Kier alpha value is -3.46. The van der Waals surface area contributed by atoms with Gasteiger partial charge < -0.3 is 20.1 Å². The van der Waals surface area contributed by atoms with Crippen LogP contribution in [0, 0.1) is 29.0 Å². The molecule has 0 amide bonds. The van der Waals surface area contributed by atoms with Gasteiger partial charge in [-0.3, -0.25) is 9.36 Å². The zero-order valence-electron chi connectivity index (χ0n) is 23.6. The number of aromatic nitrogens is 2. The summed E-state index contributed by atoms with van der Waals surface area (Å²) in [6, 6.07) is 10.5. The molecular weight excluding hydrogens is 509 g/mol. The molecule has 8 nitrogen and oxygen atoms in total. The topological polar surface area (TPSA) is 92.0 Å². The van der Waals surface area contributed by atoms with Crippen LogP contribution < -0.4 is 15.6 Å². The molecule has 2 bridgehead atoms. The van der Waals surface area contributed by atoms with Crippen LogP contribution in [0.25, 0.3) is 10.9 Å². The number of anilines is 1. The van der Waals surface area contributed by atoms with Gasteiger partial charge in [0.05, 0.1) is 36.5 Å². The van der Waals surface area contributed by atoms with E-state index in [1.54, 1.807) is 18.2 Å². The largest absolute Gasteiger partial charge is 0.497 e. The summed E-state index contributed by atoms with van der Waals surface area (Å²) < 4.78 is 20.9. The van der Waals surface area contributed by atoms with Gasteiger partial charge in [-0.2, -0.15) is 0 Å². The number of benzene rings is 2. The number of likely N-dealkylation sites (tertiary alicyclic amines) is 1. The molecule has 1 aliphatic heterocycles. The van der Waals surface area contributed by atoms with Crippen molar-refractivity contribution in [1.29, 1.82) is 0 Å². The van der Waals surface area contributed by atoms with Crippen molar-refractivity contribution in [2.24, 2.45) is 28.2 Å². The molecule has 3 saturated carbocycles. The predicted molar refractivity (Wildman–Crippen MR) is 154 cm³/mol. The summed E-state index contributed by atoms with van der Waals surface area (Å²) in [6.07, 6.45) is 3.93. The maximum Gasteiger partial charge on any atom is 0.261 e. The minimum absolute atomic E-state index is 0.164. The SMILES string of the molecule is COc1ccc(CCn2cnc3cc(NC(=NC4CC5CC(C4C)C5(C)C)N4CC(O)C4)ccc3c2=O)c(F)c1. The first-order chi connectivity index (χ1) is 19.1. The maximum absolute atomic E-state index is 14.4. The first-order valence-electron chi connectivity index (χ1n) is 14.2. The van der Waals surface area contributed by atoms with Crippen molar-refractivity contribution in [2.45, 2.75) is 58.7 Å². The lowest BCUT2D eigenvalue weighted by molar-refractivity contribution is -0.108. The molecular formula is C31H38FN5O3. The number of fused-ring (bicyclic) bond motifs is 3. The van der Waals surface area contributed by atoms with E-state index in [2.05, 4.69) is 36.0 Å². The molecule has 2 aromatic carbocycles. The highest BCUT2D eigenvalue weighted by Gasteiger charge is 2.56. The standard InChI is InChI=1S/C31H38FN5O3/c1-18-25-11-20(31(25,2)3)12-27(18)35-30(37-15-22(38)16-37)34-21-6-8-24-28(13-21)33-17-36(29(24)39)10-9-19-5-7-23(40-4)14-26(19)32/h5-8,13-14,17-18,20,22,25,27,38H,9-12,15-16H2,1-4H3,(H,34,35). The van der Waals surface area contributed by atoms with Gasteiger partial charge in [0.2, 0.25) is 0 Å². The highest BCUT2D eigenvalue weighted by molar-refractivity contribution is 5.96. The number of aliphatic hydroxyl groups is 1. The molecule has 7 rings (SSSR count). The molecule has 2 heterocycles. The average molecular weight is 548 g/mol. The molecule has 212 valence electrons. The minimum atomic E-state index is -0.354. The van der Waals surface area contributed by atoms with Crippen LogP contribution in [0.2, 0.25) is 0 Å². The highest BCUT2D eigenvalue weighted by Crippen LogP contribution is 2.61. The first-order valence-corrected chi connectivity index (χ1v) is 14.2. The molecule has 4 unspecified atom stereocenters. The van der Waals surface area contributed by atoms with Crippen LogP contribution in [0.15, 0.2) is 52.5 Å². The molecule has 3 aliphatic carbocycles. The van der Waals surface area contributed by atoms with Crippen molar-refractivity contribution >= 4 is 22.5 Å². The average Bonchev–Trinajstić information content (AvgIpc) is 2.91. The van der Waals surface area contributed by atoms with Gasteiger partial charge in [0.25, 0.3) is 5.56 Å². The van der Waals surface area contributed by atoms with Gasteiger partial charge in [-0.1, -0.05) is 26.8 Å². The molecule has 0 radical (unpaired) electrons. The first kappa shape index (κ1) is 26.7. The Balaban J connectivity index is 1.20. The Morgan fingerprint density at radius 2 is 2.02 bits per heavy atom. The summed E-state index contributed by atoms with van der Waals surface area (Å²) in [5.74, 6) is 2.78. The summed E-state index contributed by atoms with van der Waals surface area (Å²) in [7, 11) is 1.50. The lowest BCUT2D eigenvalue weighted by Gasteiger charge is -2.61. The third-order valence-electron chi connectivity index (χ3n) is 9.73. The zero-order valence-corrected chi connectivity index (χ0v) is 23.6. The number of hydrogen-bond acceptors (Lipinski definition) is 5.